The number of carbonyl (C=O) groups is 1. The summed E-state index contributed by atoms with van der Waals surface area (Å²) in [5.74, 6) is 0.762. The first-order valence-electron chi connectivity index (χ1n) is 6.51. The maximum absolute atomic E-state index is 12.0. The zero-order valence-corrected chi connectivity index (χ0v) is 13.8. The Morgan fingerprint density at radius 3 is 2.89 bits per heavy atom. The van der Waals surface area contributed by atoms with Crippen molar-refractivity contribution in [2.45, 2.75) is 19.3 Å². The molecule has 0 saturated carbocycles. The number of benzene rings is 1. The lowest BCUT2D eigenvalue weighted by atomic mass is 9.96. The molecule has 1 saturated heterocycles. The molecular weight excluding hydrogens is 375 g/mol. The number of hydrogen-bond donors (Lipinski definition) is 2. The summed E-state index contributed by atoms with van der Waals surface area (Å²) >= 11 is 2.20. The van der Waals surface area contributed by atoms with Crippen LogP contribution in [-0.4, -0.2) is 25.5 Å². The number of halogens is 2. The van der Waals surface area contributed by atoms with E-state index in [0.717, 1.165) is 35.2 Å². The fourth-order valence-corrected chi connectivity index (χ4v) is 2.93. The molecule has 1 heterocycles. The number of carbonyl (C=O) groups excluding carboxylic acids is 1. The van der Waals surface area contributed by atoms with Crippen LogP contribution in [0.4, 0.5) is 0 Å². The van der Waals surface area contributed by atoms with Crippen molar-refractivity contribution in [2.24, 2.45) is 5.92 Å². The summed E-state index contributed by atoms with van der Waals surface area (Å²) in [6.07, 6.45) is 3.61. The highest BCUT2D eigenvalue weighted by Gasteiger charge is 2.13. The molecular formula is C14H20ClIN2O. The Morgan fingerprint density at radius 2 is 2.21 bits per heavy atom. The topological polar surface area (TPSA) is 41.1 Å². The van der Waals surface area contributed by atoms with Gasteiger partial charge in [-0.25, -0.2) is 0 Å². The van der Waals surface area contributed by atoms with Crippen molar-refractivity contribution in [1.29, 1.82) is 0 Å². The smallest absolute Gasteiger partial charge is 0.252 e. The molecule has 0 spiro atoms. The van der Waals surface area contributed by atoms with Gasteiger partial charge in [0.1, 0.15) is 0 Å². The van der Waals surface area contributed by atoms with Gasteiger partial charge >= 0.3 is 0 Å². The van der Waals surface area contributed by atoms with E-state index in [1.807, 2.05) is 24.3 Å². The van der Waals surface area contributed by atoms with Crippen molar-refractivity contribution in [3.63, 3.8) is 0 Å². The second kappa shape index (κ2) is 8.76. The molecule has 3 nitrogen and oxygen atoms in total. The average molecular weight is 395 g/mol. The molecule has 0 aromatic heterocycles. The summed E-state index contributed by atoms with van der Waals surface area (Å²) in [6.45, 7) is 3.01. The predicted molar refractivity (Wildman–Crippen MR) is 89.0 cm³/mol. The van der Waals surface area contributed by atoms with Gasteiger partial charge in [0.15, 0.2) is 0 Å². The van der Waals surface area contributed by atoms with E-state index >= 15 is 0 Å². The third-order valence-electron chi connectivity index (χ3n) is 3.36. The van der Waals surface area contributed by atoms with Crippen molar-refractivity contribution >= 4 is 40.9 Å². The first-order valence-corrected chi connectivity index (χ1v) is 7.58. The molecule has 106 valence electrons. The van der Waals surface area contributed by atoms with E-state index in [4.69, 9.17) is 0 Å². The molecule has 0 aliphatic carbocycles. The summed E-state index contributed by atoms with van der Waals surface area (Å²) in [4.78, 5) is 12.0. The van der Waals surface area contributed by atoms with Gasteiger partial charge in [-0.2, -0.15) is 0 Å². The number of piperidine rings is 1. The number of hydrogen-bond acceptors (Lipinski definition) is 2. The highest BCUT2D eigenvalue weighted by atomic mass is 127. The van der Waals surface area contributed by atoms with E-state index in [0.29, 0.717) is 5.92 Å². The first kappa shape index (κ1) is 16.7. The van der Waals surface area contributed by atoms with Gasteiger partial charge in [0.2, 0.25) is 0 Å². The molecule has 1 amide bonds. The Balaban J connectivity index is 0.00000180. The lowest BCUT2D eigenvalue weighted by molar-refractivity contribution is 0.0950. The zero-order chi connectivity index (χ0) is 12.8. The minimum absolute atomic E-state index is 0. The molecule has 1 aliphatic heterocycles. The quantitative estimate of drug-likeness (QED) is 0.771. The van der Waals surface area contributed by atoms with Crippen LogP contribution in [0.25, 0.3) is 0 Å². The summed E-state index contributed by atoms with van der Waals surface area (Å²) in [5.41, 5.74) is 0.778. The number of nitrogens with one attached hydrogen (secondary N) is 2. The van der Waals surface area contributed by atoms with Gasteiger partial charge in [0, 0.05) is 10.1 Å². The Bertz CT molecular complexity index is 408. The molecule has 1 unspecified atom stereocenters. The first-order chi connectivity index (χ1) is 8.77. The van der Waals surface area contributed by atoms with Crippen LogP contribution in [-0.2, 0) is 0 Å². The van der Waals surface area contributed by atoms with E-state index in [9.17, 15) is 4.79 Å². The lowest BCUT2D eigenvalue weighted by Crippen LogP contribution is -2.33. The molecule has 1 aliphatic rings. The molecule has 0 radical (unpaired) electrons. The van der Waals surface area contributed by atoms with Crippen molar-refractivity contribution in [2.75, 3.05) is 19.6 Å². The molecule has 0 bridgehead atoms. The van der Waals surface area contributed by atoms with E-state index in [1.165, 1.54) is 12.8 Å². The monoisotopic (exact) mass is 394 g/mol. The van der Waals surface area contributed by atoms with Crippen molar-refractivity contribution in [3.05, 3.63) is 33.4 Å². The summed E-state index contributed by atoms with van der Waals surface area (Å²) < 4.78 is 1.01. The number of amides is 1. The van der Waals surface area contributed by atoms with Crippen molar-refractivity contribution in [1.82, 2.24) is 10.6 Å². The van der Waals surface area contributed by atoms with Crippen LogP contribution >= 0.6 is 35.0 Å². The highest BCUT2D eigenvalue weighted by molar-refractivity contribution is 14.1. The summed E-state index contributed by atoms with van der Waals surface area (Å²) in [7, 11) is 0. The molecule has 5 heteroatoms. The van der Waals surface area contributed by atoms with Crippen molar-refractivity contribution < 1.29 is 4.79 Å². The number of rotatable bonds is 4. The molecule has 19 heavy (non-hydrogen) atoms. The molecule has 1 fully saturated rings. The lowest BCUT2D eigenvalue weighted by Gasteiger charge is -2.22. The predicted octanol–water partition coefficient (Wildman–Crippen LogP) is 2.83. The standard InChI is InChI=1S/C14H19IN2O.ClH/c15-13-6-2-1-5-12(13)14(18)17-9-7-11-4-3-8-16-10-11;/h1-2,5-6,11,16H,3-4,7-10H2,(H,17,18);1H. The fraction of sp³-hybridized carbons (Fsp3) is 0.500. The van der Waals surface area contributed by atoms with Crippen LogP contribution in [0.2, 0.25) is 0 Å². The Morgan fingerprint density at radius 1 is 1.42 bits per heavy atom. The average Bonchev–Trinajstić information content (AvgIpc) is 2.40. The van der Waals surface area contributed by atoms with Gasteiger partial charge in [0.25, 0.3) is 5.91 Å². The molecule has 2 rings (SSSR count). The van der Waals surface area contributed by atoms with Gasteiger partial charge in [-0.1, -0.05) is 12.1 Å². The third kappa shape index (κ3) is 5.28. The van der Waals surface area contributed by atoms with Gasteiger partial charge in [-0.15, -0.1) is 12.4 Å². The Labute approximate surface area is 134 Å². The minimum Gasteiger partial charge on any atom is -0.352 e. The van der Waals surface area contributed by atoms with Crippen LogP contribution in [0.1, 0.15) is 29.6 Å². The van der Waals surface area contributed by atoms with E-state index < -0.39 is 0 Å². The largest absolute Gasteiger partial charge is 0.352 e. The fourth-order valence-electron chi connectivity index (χ4n) is 2.30. The van der Waals surface area contributed by atoms with Crippen LogP contribution in [0.15, 0.2) is 24.3 Å². The maximum Gasteiger partial charge on any atom is 0.252 e. The van der Waals surface area contributed by atoms with E-state index in [-0.39, 0.29) is 18.3 Å². The third-order valence-corrected chi connectivity index (χ3v) is 4.30. The van der Waals surface area contributed by atoms with E-state index in [1.54, 1.807) is 0 Å². The van der Waals surface area contributed by atoms with Gasteiger partial charge < -0.3 is 10.6 Å². The van der Waals surface area contributed by atoms with Crippen LogP contribution in [0.3, 0.4) is 0 Å². The highest BCUT2D eigenvalue weighted by Crippen LogP contribution is 2.14. The van der Waals surface area contributed by atoms with Gasteiger partial charge in [-0.3, -0.25) is 4.79 Å². The molecule has 1 aromatic rings. The Kier molecular flexibility index (Phi) is 7.71. The van der Waals surface area contributed by atoms with Crippen LogP contribution < -0.4 is 10.6 Å². The van der Waals surface area contributed by atoms with Crippen LogP contribution in [0.5, 0.6) is 0 Å². The normalized spacial score (nSPS) is 18.5. The molecule has 1 aromatic carbocycles. The van der Waals surface area contributed by atoms with E-state index in [2.05, 4.69) is 33.2 Å². The van der Waals surface area contributed by atoms with Gasteiger partial charge in [0.05, 0.1) is 5.56 Å². The maximum atomic E-state index is 12.0. The SMILES string of the molecule is Cl.O=C(NCCC1CCCNC1)c1ccccc1I. The van der Waals surface area contributed by atoms with Crippen molar-refractivity contribution in [3.8, 4) is 0 Å². The van der Waals surface area contributed by atoms with Gasteiger partial charge in [-0.05, 0) is 73.0 Å². The second-order valence-electron chi connectivity index (χ2n) is 4.74. The second-order valence-corrected chi connectivity index (χ2v) is 5.90. The summed E-state index contributed by atoms with van der Waals surface area (Å²) in [6, 6.07) is 7.69. The summed E-state index contributed by atoms with van der Waals surface area (Å²) in [5, 5.41) is 6.42. The zero-order valence-electron chi connectivity index (χ0n) is 10.8. The minimum atomic E-state index is 0. The molecule has 2 N–H and O–H groups in total. The Hall–Kier alpha value is -0.330. The molecule has 1 atom stereocenters. The van der Waals surface area contributed by atoms with Crippen LogP contribution in [0, 0.1) is 9.49 Å².